The third-order valence-electron chi connectivity index (χ3n) is 3.39. The summed E-state index contributed by atoms with van der Waals surface area (Å²) in [6.07, 6.45) is 1.25. The Hall–Kier alpha value is -2.75. The van der Waals surface area contributed by atoms with Crippen molar-refractivity contribution in [1.82, 2.24) is 15.4 Å². The Kier molecular flexibility index (Phi) is 5.52. The summed E-state index contributed by atoms with van der Waals surface area (Å²) in [5.41, 5.74) is 0.652. The fraction of sp³-hybridized carbons (Fsp3) is 0.267. The summed E-state index contributed by atoms with van der Waals surface area (Å²) in [4.78, 5) is 34.3. The van der Waals surface area contributed by atoms with E-state index in [1.54, 1.807) is 0 Å². The number of rotatable bonds is 6. The van der Waals surface area contributed by atoms with Gasteiger partial charge in [0.15, 0.2) is 0 Å². The van der Waals surface area contributed by atoms with E-state index in [1.165, 1.54) is 37.3 Å². The Balaban J connectivity index is 1.94. The third-order valence-corrected chi connectivity index (χ3v) is 4.66. The summed E-state index contributed by atoms with van der Waals surface area (Å²) in [5.74, 6) is -2.38. The van der Waals surface area contributed by atoms with Crippen molar-refractivity contribution in [3.63, 3.8) is 0 Å². The van der Waals surface area contributed by atoms with Crippen LogP contribution in [0.4, 0.5) is 9.18 Å². The summed E-state index contributed by atoms with van der Waals surface area (Å²) in [5, 5.41) is 4.26. The van der Waals surface area contributed by atoms with Gasteiger partial charge >= 0.3 is 6.03 Å². The van der Waals surface area contributed by atoms with Crippen LogP contribution in [0.3, 0.4) is 0 Å². The zero-order chi connectivity index (χ0) is 18.6. The molecule has 1 fully saturated rings. The highest BCUT2D eigenvalue weighted by atomic mass is 32.2. The molecule has 3 N–H and O–H groups in total. The van der Waals surface area contributed by atoms with E-state index in [4.69, 9.17) is 0 Å². The molecule has 0 saturated carbocycles. The molecule has 1 unspecified atom stereocenters. The normalized spacial score (nSPS) is 17.8. The van der Waals surface area contributed by atoms with Crippen molar-refractivity contribution in [3.8, 4) is 0 Å². The second-order valence-electron chi connectivity index (χ2n) is 5.43. The van der Waals surface area contributed by atoms with E-state index in [1.807, 2.05) is 10.0 Å². The van der Waals surface area contributed by atoms with E-state index < -0.39 is 45.5 Å². The standard InChI is InChI=1S/C15H16FN3O5S/c1-9(8-10-2-4-11(16)5-3-10)13(20)19-25(23,24)7-6-12-14(21)18-15(22)17-12/h2-5,8,12H,6-7H2,1H3,(H,19,20)(H2,17,18,21,22). The van der Waals surface area contributed by atoms with E-state index >= 15 is 0 Å². The van der Waals surface area contributed by atoms with Crippen LogP contribution in [0.5, 0.6) is 0 Å². The Bertz CT molecular complexity index is 833. The lowest BCUT2D eigenvalue weighted by Gasteiger charge is -2.09. The van der Waals surface area contributed by atoms with Crippen LogP contribution in [0.2, 0.25) is 0 Å². The Morgan fingerprint density at radius 1 is 1.28 bits per heavy atom. The lowest BCUT2D eigenvalue weighted by molar-refractivity contribution is -0.120. The SMILES string of the molecule is CC(=Cc1ccc(F)cc1)C(=O)NS(=O)(=O)CCC1NC(=O)NC1=O. The van der Waals surface area contributed by atoms with Gasteiger partial charge in [-0.25, -0.2) is 22.3 Å². The maximum atomic E-state index is 12.8. The molecule has 0 aromatic heterocycles. The molecule has 0 spiro atoms. The van der Waals surface area contributed by atoms with Gasteiger partial charge in [-0.1, -0.05) is 12.1 Å². The average Bonchev–Trinajstić information content (AvgIpc) is 2.85. The van der Waals surface area contributed by atoms with Crippen molar-refractivity contribution >= 4 is 33.9 Å². The molecule has 1 aromatic rings. The molecule has 134 valence electrons. The quantitative estimate of drug-likeness (QED) is 0.491. The van der Waals surface area contributed by atoms with Gasteiger partial charge in [-0.05, 0) is 37.1 Å². The van der Waals surface area contributed by atoms with Crippen LogP contribution in [0.1, 0.15) is 18.9 Å². The van der Waals surface area contributed by atoms with Crippen molar-refractivity contribution in [2.75, 3.05) is 5.75 Å². The second-order valence-corrected chi connectivity index (χ2v) is 7.27. The molecule has 1 aliphatic heterocycles. The Labute approximate surface area is 143 Å². The second kappa shape index (κ2) is 7.43. The molecule has 1 aromatic carbocycles. The minimum absolute atomic E-state index is 0.113. The monoisotopic (exact) mass is 369 g/mol. The predicted molar refractivity (Wildman–Crippen MR) is 87.1 cm³/mol. The maximum absolute atomic E-state index is 12.8. The molecule has 2 rings (SSSR count). The smallest absolute Gasteiger partial charge is 0.322 e. The Morgan fingerprint density at radius 3 is 2.48 bits per heavy atom. The molecular formula is C15H16FN3O5S. The van der Waals surface area contributed by atoms with Crippen LogP contribution in [-0.2, 0) is 19.6 Å². The summed E-state index contributed by atoms with van der Waals surface area (Å²) < 4.78 is 38.6. The molecule has 0 radical (unpaired) electrons. The minimum atomic E-state index is -3.98. The van der Waals surface area contributed by atoms with Gasteiger partial charge in [-0.15, -0.1) is 0 Å². The summed E-state index contributed by atoms with van der Waals surface area (Å²) in [6, 6.07) is 3.69. The van der Waals surface area contributed by atoms with Crippen molar-refractivity contribution in [1.29, 1.82) is 0 Å². The highest BCUT2D eigenvalue weighted by Crippen LogP contribution is 2.09. The van der Waals surface area contributed by atoms with Gasteiger partial charge in [0.1, 0.15) is 11.9 Å². The molecule has 1 saturated heterocycles. The summed E-state index contributed by atoms with van der Waals surface area (Å²) in [7, 11) is -3.98. The number of imide groups is 1. The van der Waals surface area contributed by atoms with Crippen LogP contribution >= 0.6 is 0 Å². The number of amides is 4. The average molecular weight is 369 g/mol. The Morgan fingerprint density at radius 2 is 1.92 bits per heavy atom. The molecule has 0 aliphatic carbocycles. The van der Waals surface area contributed by atoms with Gasteiger partial charge in [0.05, 0.1) is 5.75 Å². The number of hydrogen-bond donors (Lipinski definition) is 3. The van der Waals surface area contributed by atoms with Crippen molar-refractivity contribution in [2.24, 2.45) is 0 Å². The van der Waals surface area contributed by atoms with Gasteiger partial charge in [0.25, 0.3) is 11.8 Å². The fourth-order valence-electron chi connectivity index (χ4n) is 2.08. The van der Waals surface area contributed by atoms with E-state index in [9.17, 15) is 27.2 Å². The number of carbonyl (C=O) groups is 3. The van der Waals surface area contributed by atoms with E-state index in [2.05, 4.69) is 5.32 Å². The number of benzene rings is 1. The first-order valence-corrected chi connectivity index (χ1v) is 8.91. The number of urea groups is 1. The third kappa shape index (κ3) is 5.38. The highest BCUT2D eigenvalue weighted by Gasteiger charge is 2.30. The van der Waals surface area contributed by atoms with Crippen LogP contribution in [0.25, 0.3) is 6.08 Å². The molecule has 1 aliphatic rings. The molecule has 8 nitrogen and oxygen atoms in total. The number of halogens is 1. The first-order valence-electron chi connectivity index (χ1n) is 7.26. The lowest BCUT2D eigenvalue weighted by atomic mass is 10.1. The first-order chi connectivity index (χ1) is 11.7. The van der Waals surface area contributed by atoms with Crippen molar-refractivity contribution in [2.45, 2.75) is 19.4 Å². The van der Waals surface area contributed by atoms with E-state index in [-0.39, 0.29) is 12.0 Å². The topological polar surface area (TPSA) is 121 Å². The van der Waals surface area contributed by atoms with Crippen LogP contribution in [0.15, 0.2) is 29.8 Å². The number of hydrogen-bond acceptors (Lipinski definition) is 5. The zero-order valence-corrected chi connectivity index (χ0v) is 14.0. The molecule has 1 atom stereocenters. The molecule has 25 heavy (non-hydrogen) atoms. The van der Waals surface area contributed by atoms with E-state index in [0.717, 1.165) is 0 Å². The number of sulfonamides is 1. The van der Waals surface area contributed by atoms with Gasteiger partial charge in [-0.2, -0.15) is 0 Å². The largest absolute Gasteiger partial charge is 0.326 e. The first kappa shape index (κ1) is 18.6. The van der Waals surface area contributed by atoms with E-state index in [0.29, 0.717) is 5.56 Å². The van der Waals surface area contributed by atoms with Crippen molar-refractivity contribution < 1.29 is 27.2 Å². The fourth-order valence-corrected chi connectivity index (χ4v) is 3.17. The zero-order valence-electron chi connectivity index (χ0n) is 13.2. The number of nitrogens with one attached hydrogen (secondary N) is 3. The number of carbonyl (C=O) groups excluding carboxylic acids is 3. The van der Waals surface area contributed by atoms with Gasteiger partial charge < -0.3 is 5.32 Å². The summed E-state index contributed by atoms with van der Waals surface area (Å²) >= 11 is 0. The molecule has 4 amide bonds. The lowest BCUT2D eigenvalue weighted by Crippen LogP contribution is -2.37. The maximum Gasteiger partial charge on any atom is 0.322 e. The highest BCUT2D eigenvalue weighted by molar-refractivity contribution is 7.90. The predicted octanol–water partition coefficient (Wildman–Crippen LogP) is 0.273. The molecular weight excluding hydrogens is 353 g/mol. The molecule has 1 heterocycles. The van der Waals surface area contributed by atoms with Crippen LogP contribution < -0.4 is 15.4 Å². The minimum Gasteiger partial charge on any atom is -0.326 e. The summed E-state index contributed by atoms with van der Waals surface area (Å²) in [6.45, 7) is 1.42. The van der Waals surface area contributed by atoms with Crippen LogP contribution in [-0.4, -0.2) is 38.1 Å². The van der Waals surface area contributed by atoms with Gasteiger partial charge in [-0.3, -0.25) is 14.9 Å². The van der Waals surface area contributed by atoms with Crippen LogP contribution in [0, 0.1) is 5.82 Å². The van der Waals surface area contributed by atoms with Crippen molar-refractivity contribution in [3.05, 3.63) is 41.2 Å². The molecule has 10 heteroatoms. The molecule has 0 bridgehead atoms. The van der Waals surface area contributed by atoms with Gasteiger partial charge in [0, 0.05) is 5.57 Å². The van der Waals surface area contributed by atoms with Gasteiger partial charge in [0.2, 0.25) is 10.0 Å².